The smallest absolute Gasteiger partial charge is 0.0709 e. The molecule has 2 aromatic heterocycles. The van der Waals surface area contributed by atoms with Crippen LogP contribution in [0.1, 0.15) is 37.3 Å². The Hall–Kier alpha value is -2.22. The topological polar surface area (TPSA) is 25.8 Å². The molecule has 0 aliphatic rings. The van der Waals surface area contributed by atoms with Gasteiger partial charge in [0.25, 0.3) is 0 Å². The Labute approximate surface area is 125 Å². The maximum Gasteiger partial charge on any atom is 0.0709 e. The van der Waals surface area contributed by atoms with Crippen LogP contribution in [0.5, 0.6) is 0 Å². The molecule has 0 N–H and O–H groups in total. The summed E-state index contributed by atoms with van der Waals surface area (Å²) in [4.78, 5) is 8.81. The molecule has 0 fully saturated rings. The molecule has 1 unspecified atom stereocenters. The van der Waals surface area contributed by atoms with Gasteiger partial charge in [0.2, 0.25) is 0 Å². The number of hydrogen-bond acceptors (Lipinski definition) is 2. The second-order valence-corrected chi connectivity index (χ2v) is 5.73. The fourth-order valence-corrected chi connectivity index (χ4v) is 2.62. The van der Waals surface area contributed by atoms with E-state index < -0.39 is 0 Å². The van der Waals surface area contributed by atoms with Crippen LogP contribution in [0.3, 0.4) is 0 Å². The molecule has 0 radical (unpaired) electrons. The molecule has 21 heavy (non-hydrogen) atoms. The number of aromatic nitrogens is 2. The molecule has 1 aromatic carbocycles. The Morgan fingerprint density at radius 2 is 1.90 bits per heavy atom. The molecule has 106 valence electrons. The Morgan fingerprint density at radius 3 is 2.71 bits per heavy atom. The van der Waals surface area contributed by atoms with Gasteiger partial charge in [-0.05, 0) is 49.1 Å². The highest BCUT2D eigenvalue weighted by molar-refractivity contribution is 5.84. The summed E-state index contributed by atoms with van der Waals surface area (Å²) < 4.78 is 0. The highest BCUT2D eigenvalue weighted by Gasteiger charge is 2.08. The van der Waals surface area contributed by atoms with Crippen LogP contribution in [0.2, 0.25) is 0 Å². The number of hydrogen-bond donors (Lipinski definition) is 0. The normalized spacial score (nSPS) is 12.5. The van der Waals surface area contributed by atoms with Crippen molar-refractivity contribution >= 4 is 10.8 Å². The first-order valence-corrected chi connectivity index (χ1v) is 7.49. The van der Waals surface area contributed by atoms with Crippen LogP contribution < -0.4 is 0 Å². The number of benzene rings is 1. The molecule has 0 aliphatic carbocycles. The summed E-state index contributed by atoms with van der Waals surface area (Å²) in [5, 5.41) is 2.26. The summed E-state index contributed by atoms with van der Waals surface area (Å²) in [6.07, 6.45) is 6.78. The summed E-state index contributed by atoms with van der Waals surface area (Å²) in [6.45, 7) is 6.65. The van der Waals surface area contributed by atoms with E-state index in [4.69, 9.17) is 0 Å². The van der Waals surface area contributed by atoms with Crippen molar-refractivity contribution in [3.63, 3.8) is 0 Å². The minimum Gasteiger partial charge on any atom is -0.264 e. The fraction of sp³-hybridized carbons (Fsp3) is 0.263. The molecule has 3 aromatic rings. The quantitative estimate of drug-likeness (QED) is 0.663. The van der Waals surface area contributed by atoms with Crippen molar-refractivity contribution < 1.29 is 0 Å². The van der Waals surface area contributed by atoms with Crippen LogP contribution >= 0.6 is 0 Å². The second-order valence-electron chi connectivity index (χ2n) is 5.73. The molecule has 2 heterocycles. The average Bonchev–Trinajstić information content (AvgIpc) is 2.53. The van der Waals surface area contributed by atoms with E-state index in [1.54, 1.807) is 6.20 Å². The molecule has 1 atom stereocenters. The molecular weight excluding hydrogens is 256 g/mol. The van der Waals surface area contributed by atoms with Crippen LogP contribution in [0, 0.1) is 6.92 Å². The van der Waals surface area contributed by atoms with Crippen LogP contribution in [-0.4, -0.2) is 9.97 Å². The average molecular weight is 276 g/mol. The predicted octanol–water partition coefficient (Wildman–Crippen LogP) is 5.12. The predicted molar refractivity (Wildman–Crippen MR) is 88.4 cm³/mol. The lowest BCUT2D eigenvalue weighted by Crippen LogP contribution is -1.94. The van der Waals surface area contributed by atoms with Gasteiger partial charge in [-0.15, -0.1) is 0 Å². The number of fused-ring (bicyclic) bond motifs is 1. The van der Waals surface area contributed by atoms with Gasteiger partial charge in [-0.3, -0.25) is 9.97 Å². The molecular formula is C19H20N2. The maximum absolute atomic E-state index is 4.62. The van der Waals surface area contributed by atoms with Gasteiger partial charge in [-0.1, -0.05) is 25.5 Å². The third-order valence-corrected chi connectivity index (χ3v) is 4.10. The van der Waals surface area contributed by atoms with Gasteiger partial charge in [0.1, 0.15) is 0 Å². The van der Waals surface area contributed by atoms with E-state index in [0.29, 0.717) is 5.92 Å². The first kappa shape index (κ1) is 13.7. The van der Waals surface area contributed by atoms with Crippen molar-refractivity contribution in [1.29, 1.82) is 0 Å². The van der Waals surface area contributed by atoms with Gasteiger partial charge >= 0.3 is 0 Å². The van der Waals surface area contributed by atoms with Gasteiger partial charge in [-0.2, -0.15) is 0 Å². The molecule has 0 spiro atoms. The molecule has 2 nitrogen and oxygen atoms in total. The Bertz CT molecular complexity index is 777. The fourth-order valence-electron chi connectivity index (χ4n) is 2.62. The minimum atomic E-state index is 0.575. The van der Waals surface area contributed by atoms with Crippen LogP contribution in [0.4, 0.5) is 0 Å². The van der Waals surface area contributed by atoms with E-state index in [1.165, 1.54) is 16.7 Å². The van der Waals surface area contributed by atoms with Crippen LogP contribution in [0.15, 0.2) is 48.9 Å². The molecule has 0 saturated heterocycles. The van der Waals surface area contributed by atoms with E-state index in [1.807, 2.05) is 18.5 Å². The van der Waals surface area contributed by atoms with Gasteiger partial charge in [0.15, 0.2) is 0 Å². The van der Waals surface area contributed by atoms with E-state index >= 15 is 0 Å². The lowest BCUT2D eigenvalue weighted by molar-refractivity contribution is 0.733. The molecule has 0 amide bonds. The SMILES string of the molecule is CCC(C)c1cc(C)cc(-c2cc3cnccc3cn2)c1. The maximum atomic E-state index is 4.62. The summed E-state index contributed by atoms with van der Waals surface area (Å²) in [5.41, 5.74) is 4.89. The zero-order valence-electron chi connectivity index (χ0n) is 12.8. The zero-order valence-corrected chi connectivity index (χ0v) is 12.8. The molecule has 2 heteroatoms. The van der Waals surface area contributed by atoms with Gasteiger partial charge in [0.05, 0.1) is 5.69 Å². The van der Waals surface area contributed by atoms with Crippen molar-refractivity contribution in [3.05, 3.63) is 60.0 Å². The number of pyridine rings is 2. The third kappa shape index (κ3) is 2.80. The molecule has 0 saturated carbocycles. The van der Waals surface area contributed by atoms with Crippen molar-refractivity contribution in [3.8, 4) is 11.3 Å². The van der Waals surface area contributed by atoms with E-state index in [0.717, 1.165) is 22.9 Å². The summed E-state index contributed by atoms with van der Waals surface area (Å²) >= 11 is 0. The van der Waals surface area contributed by atoms with Crippen molar-refractivity contribution in [1.82, 2.24) is 9.97 Å². The van der Waals surface area contributed by atoms with E-state index in [-0.39, 0.29) is 0 Å². The Morgan fingerprint density at radius 1 is 1.05 bits per heavy atom. The lowest BCUT2D eigenvalue weighted by Gasteiger charge is -2.12. The first-order chi connectivity index (χ1) is 10.2. The third-order valence-electron chi connectivity index (χ3n) is 4.10. The lowest BCUT2D eigenvalue weighted by atomic mass is 9.94. The standard InChI is InChI=1S/C19H20N2/c1-4-14(3)16-7-13(2)8-17(9-16)19-10-18-11-20-6-5-15(18)12-21-19/h5-12,14H,4H2,1-3H3. The minimum absolute atomic E-state index is 0.575. The molecule has 0 aliphatic heterocycles. The number of aryl methyl sites for hydroxylation is 1. The Kier molecular flexibility index (Phi) is 3.70. The van der Waals surface area contributed by atoms with Crippen molar-refractivity contribution in [2.75, 3.05) is 0 Å². The Balaban J connectivity index is 2.11. The van der Waals surface area contributed by atoms with Crippen LogP contribution in [-0.2, 0) is 0 Å². The largest absolute Gasteiger partial charge is 0.264 e. The zero-order chi connectivity index (χ0) is 14.8. The highest BCUT2D eigenvalue weighted by Crippen LogP contribution is 2.27. The molecule has 0 bridgehead atoms. The van der Waals surface area contributed by atoms with E-state index in [2.05, 4.69) is 55.0 Å². The van der Waals surface area contributed by atoms with Gasteiger partial charge < -0.3 is 0 Å². The summed E-state index contributed by atoms with van der Waals surface area (Å²) in [7, 11) is 0. The van der Waals surface area contributed by atoms with E-state index in [9.17, 15) is 0 Å². The van der Waals surface area contributed by atoms with Crippen LogP contribution in [0.25, 0.3) is 22.0 Å². The monoisotopic (exact) mass is 276 g/mol. The summed E-state index contributed by atoms with van der Waals surface area (Å²) in [5.74, 6) is 0.575. The molecule has 3 rings (SSSR count). The second kappa shape index (κ2) is 5.65. The van der Waals surface area contributed by atoms with Gasteiger partial charge in [-0.25, -0.2) is 0 Å². The first-order valence-electron chi connectivity index (χ1n) is 7.49. The van der Waals surface area contributed by atoms with Crippen molar-refractivity contribution in [2.45, 2.75) is 33.1 Å². The number of nitrogens with zero attached hydrogens (tertiary/aromatic N) is 2. The van der Waals surface area contributed by atoms with Crippen molar-refractivity contribution in [2.24, 2.45) is 0 Å². The number of rotatable bonds is 3. The highest BCUT2D eigenvalue weighted by atomic mass is 14.7. The van der Waals surface area contributed by atoms with Gasteiger partial charge in [0, 0.05) is 34.9 Å². The summed E-state index contributed by atoms with van der Waals surface area (Å²) in [6, 6.07) is 10.9.